The van der Waals surface area contributed by atoms with Gasteiger partial charge in [0.2, 0.25) is 11.8 Å². The quantitative estimate of drug-likeness (QED) is 0.404. The van der Waals surface area contributed by atoms with Gasteiger partial charge in [-0.05, 0) is 31.5 Å². The third-order valence-corrected chi connectivity index (χ3v) is 3.25. The number of carboxylic acids is 1. The summed E-state index contributed by atoms with van der Waals surface area (Å²) in [6.45, 7) is 2.81. The van der Waals surface area contributed by atoms with Gasteiger partial charge in [0.1, 0.15) is 12.6 Å². The lowest BCUT2D eigenvalue weighted by Crippen LogP contribution is -2.46. The largest absolute Gasteiger partial charge is 0.480 e. The molecule has 9 nitrogen and oxygen atoms in total. The smallest absolute Gasteiger partial charge is 0.322 e. The second-order valence-corrected chi connectivity index (χ2v) is 5.51. The Bertz CT molecular complexity index is 642. The molecule has 0 aliphatic rings. The van der Waals surface area contributed by atoms with Crippen LogP contribution < -0.4 is 21.7 Å². The molecule has 3 amide bonds. The molecule has 0 saturated heterocycles. The molecular weight excluding hydrogens is 328 g/mol. The highest BCUT2D eigenvalue weighted by Gasteiger charge is 2.17. The molecule has 1 aromatic carbocycles. The number of hydrogen-bond acceptors (Lipinski definition) is 5. The second kappa shape index (κ2) is 9.38. The summed E-state index contributed by atoms with van der Waals surface area (Å²) >= 11 is 0. The topological polar surface area (TPSA) is 151 Å². The zero-order valence-corrected chi connectivity index (χ0v) is 14.0. The van der Waals surface area contributed by atoms with Crippen LogP contribution in [-0.4, -0.2) is 47.4 Å². The van der Waals surface area contributed by atoms with Crippen LogP contribution >= 0.6 is 0 Å². The van der Waals surface area contributed by atoms with E-state index in [-0.39, 0.29) is 12.5 Å². The number of carboxylic acid groups (broad SMARTS) is 1. The van der Waals surface area contributed by atoms with Gasteiger partial charge in [-0.3, -0.25) is 19.2 Å². The molecule has 6 N–H and O–H groups in total. The Hall–Kier alpha value is -2.94. The first-order chi connectivity index (χ1) is 11.7. The average molecular weight is 350 g/mol. The predicted octanol–water partition coefficient (Wildman–Crippen LogP) is -1.03. The lowest BCUT2D eigenvalue weighted by molar-refractivity contribution is -0.138. The van der Waals surface area contributed by atoms with Crippen LogP contribution in [0.1, 0.15) is 29.8 Å². The highest BCUT2D eigenvalue weighted by molar-refractivity contribution is 5.97. The Labute approximate surface area is 145 Å². The first kappa shape index (κ1) is 20.1. The number of hydrogen-bond donors (Lipinski definition) is 5. The standard InChI is InChI=1S/C16H22N4O5/c1-9(17)14(23)18-7-11-3-5-12(6-4-11)16(25)20-10(2)15(24)19-8-13(21)22/h3-6,9-10H,7-8,17H2,1-2H3,(H,18,23)(H,19,24)(H,20,25)(H,21,22)/t9-,10-/m0/s1. The molecular formula is C16H22N4O5. The van der Waals surface area contributed by atoms with E-state index in [1.165, 1.54) is 6.92 Å². The van der Waals surface area contributed by atoms with Crippen molar-refractivity contribution in [3.63, 3.8) is 0 Å². The fourth-order valence-electron chi connectivity index (χ4n) is 1.79. The summed E-state index contributed by atoms with van der Waals surface area (Å²) in [5, 5.41) is 15.8. The SMILES string of the molecule is C[C@H](N)C(=O)NCc1ccc(C(=O)N[C@@H](C)C(=O)NCC(=O)O)cc1. The maximum Gasteiger partial charge on any atom is 0.322 e. The van der Waals surface area contributed by atoms with Gasteiger partial charge >= 0.3 is 5.97 Å². The average Bonchev–Trinajstić information content (AvgIpc) is 2.57. The molecule has 1 aromatic rings. The Morgan fingerprint density at radius 3 is 2.16 bits per heavy atom. The van der Waals surface area contributed by atoms with Crippen molar-refractivity contribution in [2.24, 2.45) is 5.73 Å². The van der Waals surface area contributed by atoms with Crippen LogP contribution in [0.4, 0.5) is 0 Å². The number of aliphatic carboxylic acids is 1. The van der Waals surface area contributed by atoms with Crippen LogP contribution in [0.3, 0.4) is 0 Å². The predicted molar refractivity (Wildman–Crippen MR) is 89.5 cm³/mol. The van der Waals surface area contributed by atoms with Gasteiger partial charge < -0.3 is 26.8 Å². The minimum atomic E-state index is -1.17. The lowest BCUT2D eigenvalue weighted by Gasteiger charge is -2.13. The number of nitrogens with one attached hydrogen (secondary N) is 3. The molecule has 136 valence electrons. The van der Waals surface area contributed by atoms with Gasteiger partial charge in [0, 0.05) is 12.1 Å². The third-order valence-electron chi connectivity index (χ3n) is 3.25. The van der Waals surface area contributed by atoms with E-state index in [4.69, 9.17) is 10.8 Å². The number of nitrogens with two attached hydrogens (primary N) is 1. The molecule has 0 aliphatic carbocycles. The minimum Gasteiger partial charge on any atom is -0.480 e. The summed E-state index contributed by atoms with van der Waals surface area (Å²) in [7, 11) is 0. The molecule has 0 heterocycles. The van der Waals surface area contributed by atoms with Gasteiger partial charge in [0.05, 0.1) is 6.04 Å². The number of carbonyl (C=O) groups is 4. The summed E-state index contributed by atoms with van der Waals surface area (Å²) in [5.74, 6) is -2.50. The van der Waals surface area contributed by atoms with Gasteiger partial charge in [-0.15, -0.1) is 0 Å². The van der Waals surface area contributed by atoms with Crippen molar-refractivity contribution >= 4 is 23.7 Å². The monoisotopic (exact) mass is 350 g/mol. The minimum absolute atomic E-state index is 0.275. The molecule has 0 aliphatic heterocycles. The number of benzene rings is 1. The summed E-state index contributed by atoms with van der Waals surface area (Å²) in [6.07, 6.45) is 0. The van der Waals surface area contributed by atoms with E-state index in [0.29, 0.717) is 5.56 Å². The summed E-state index contributed by atoms with van der Waals surface area (Å²) in [5.41, 5.74) is 6.57. The van der Waals surface area contributed by atoms with E-state index in [1.807, 2.05) is 0 Å². The van der Waals surface area contributed by atoms with Crippen molar-refractivity contribution < 1.29 is 24.3 Å². The van der Waals surface area contributed by atoms with Crippen molar-refractivity contribution in [3.05, 3.63) is 35.4 Å². The zero-order valence-electron chi connectivity index (χ0n) is 14.0. The van der Waals surface area contributed by atoms with Gasteiger partial charge in [0.15, 0.2) is 0 Å². The summed E-state index contributed by atoms with van der Waals surface area (Å²) < 4.78 is 0. The van der Waals surface area contributed by atoms with E-state index in [9.17, 15) is 19.2 Å². The normalized spacial score (nSPS) is 12.6. The van der Waals surface area contributed by atoms with Crippen LogP contribution in [-0.2, 0) is 20.9 Å². The van der Waals surface area contributed by atoms with Gasteiger partial charge in [-0.25, -0.2) is 0 Å². The number of rotatable bonds is 8. The van der Waals surface area contributed by atoms with Gasteiger partial charge in [-0.2, -0.15) is 0 Å². The molecule has 0 unspecified atom stereocenters. The molecule has 25 heavy (non-hydrogen) atoms. The summed E-state index contributed by atoms with van der Waals surface area (Å²) in [6, 6.07) is 4.99. The molecule has 0 radical (unpaired) electrons. The highest BCUT2D eigenvalue weighted by Crippen LogP contribution is 2.05. The fraction of sp³-hybridized carbons (Fsp3) is 0.375. The van der Waals surface area contributed by atoms with Crippen LogP contribution in [0, 0.1) is 0 Å². The first-order valence-corrected chi connectivity index (χ1v) is 7.63. The van der Waals surface area contributed by atoms with Crippen molar-refractivity contribution in [1.82, 2.24) is 16.0 Å². The Morgan fingerprint density at radius 1 is 1.04 bits per heavy atom. The molecule has 0 bridgehead atoms. The van der Waals surface area contributed by atoms with E-state index >= 15 is 0 Å². The second-order valence-electron chi connectivity index (χ2n) is 5.51. The van der Waals surface area contributed by atoms with Crippen LogP contribution in [0.15, 0.2) is 24.3 Å². The summed E-state index contributed by atoms with van der Waals surface area (Å²) in [4.78, 5) is 45.5. The Morgan fingerprint density at radius 2 is 1.64 bits per heavy atom. The van der Waals surface area contributed by atoms with Crippen LogP contribution in [0.2, 0.25) is 0 Å². The van der Waals surface area contributed by atoms with E-state index in [1.54, 1.807) is 31.2 Å². The third kappa shape index (κ3) is 7.00. The highest BCUT2D eigenvalue weighted by atomic mass is 16.4. The number of amides is 3. The first-order valence-electron chi connectivity index (χ1n) is 7.63. The van der Waals surface area contributed by atoms with E-state index < -0.39 is 36.4 Å². The molecule has 1 rings (SSSR count). The molecule has 0 fully saturated rings. The molecule has 9 heteroatoms. The molecule has 2 atom stereocenters. The van der Waals surface area contributed by atoms with Crippen molar-refractivity contribution in [2.45, 2.75) is 32.5 Å². The maximum atomic E-state index is 12.1. The maximum absolute atomic E-state index is 12.1. The van der Waals surface area contributed by atoms with Crippen molar-refractivity contribution in [2.75, 3.05) is 6.54 Å². The van der Waals surface area contributed by atoms with Gasteiger partial charge in [0.25, 0.3) is 5.91 Å². The molecule has 0 aromatic heterocycles. The van der Waals surface area contributed by atoms with Crippen molar-refractivity contribution in [1.29, 1.82) is 0 Å². The van der Waals surface area contributed by atoms with Crippen molar-refractivity contribution in [3.8, 4) is 0 Å². The Kier molecular flexibility index (Phi) is 7.54. The molecule has 0 spiro atoms. The van der Waals surface area contributed by atoms with Crippen LogP contribution in [0.25, 0.3) is 0 Å². The van der Waals surface area contributed by atoms with E-state index in [0.717, 1.165) is 5.56 Å². The lowest BCUT2D eigenvalue weighted by atomic mass is 10.1. The Balaban J connectivity index is 2.54. The molecule has 0 saturated carbocycles. The number of carbonyl (C=O) groups excluding carboxylic acids is 3. The zero-order chi connectivity index (χ0) is 19.0. The fourth-order valence-corrected chi connectivity index (χ4v) is 1.79. The van der Waals surface area contributed by atoms with E-state index in [2.05, 4.69) is 16.0 Å². The van der Waals surface area contributed by atoms with Gasteiger partial charge in [-0.1, -0.05) is 12.1 Å². The van der Waals surface area contributed by atoms with Crippen LogP contribution in [0.5, 0.6) is 0 Å².